The Labute approximate surface area is 282 Å². The van der Waals surface area contributed by atoms with Crippen molar-refractivity contribution in [3.05, 3.63) is 182 Å². The fourth-order valence-electron chi connectivity index (χ4n) is 6.95. The van der Waals surface area contributed by atoms with Crippen LogP contribution in [0.1, 0.15) is 13.7 Å². The quantitative estimate of drug-likeness (QED) is 0.178. The molecule has 9 aromatic carbocycles. The molecule has 9 rings (SSSR count). The van der Waals surface area contributed by atoms with Crippen molar-refractivity contribution in [1.29, 1.82) is 0 Å². The third kappa shape index (κ3) is 4.15. The number of rotatable bonds is 4. The third-order valence-corrected chi connectivity index (χ3v) is 8.86. The molecule has 214 valence electrons. The van der Waals surface area contributed by atoms with Crippen LogP contribution in [-0.4, -0.2) is 0 Å². The lowest BCUT2D eigenvalue weighted by Gasteiger charge is -2.21. The Morgan fingerprint density at radius 3 is 0.848 bits per heavy atom. The lowest BCUT2D eigenvalue weighted by atomic mass is 9.82. The minimum absolute atomic E-state index is 0.155. The second-order valence-corrected chi connectivity index (χ2v) is 11.3. The SMILES string of the molecule is [2H]c1c([2H])c([2H])c(-c2ccc(-c3c4ccccc4c(-c4ccc(-c5c([2H])c([2H])c([2H])c([2H])c5[2H])c5ccccc45)c4ccccc34)c3ccccc23)c([2H])c1[2H]. The minimum Gasteiger partial charge on any atom is -0.0622 e. The molecule has 0 aromatic heterocycles. The highest BCUT2D eigenvalue weighted by Gasteiger charge is 2.20. The number of benzene rings is 9. The summed E-state index contributed by atoms with van der Waals surface area (Å²) >= 11 is 0. The smallest absolute Gasteiger partial charge is 0.0622 e. The molecule has 0 spiro atoms. The molecule has 0 saturated carbocycles. The van der Waals surface area contributed by atoms with Gasteiger partial charge in [0.2, 0.25) is 0 Å². The lowest BCUT2D eigenvalue weighted by molar-refractivity contribution is 1.64. The van der Waals surface area contributed by atoms with E-state index < -0.39 is 12.1 Å². The summed E-state index contributed by atoms with van der Waals surface area (Å²) in [5, 5.41) is 7.20. The second kappa shape index (κ2) is 10.9. The molecule has 0 atom stereocenters. The number of fused-ring (bicyclic) bond motifs is 4. The first kappa shape index (κ1) is 18.1. The summed E-state index contributed by atoms with van der Waals surface area (Å²) in [4.78, 5) is 0. The molecule has 0 nitrogen and oxygen atoms in total. The van der Waals surface area contributed by atoms with Crippen molar-refractivity contribution in [2.45, 2.75) is 0 Å². The predicted octanol–water partition coefficient (Wildman–Crippen LogP) is 13.0. The molecule has 0 unspecified atom stereocenters. The molecular weight excluding hydrogens is 553 g/mol. The first-order valence-electron chi connectivity index (χ1n) is 20.1. The van der Waals surface area contributed by atoms with Gasteiger partial charge in [-0.05, 0) is 87.6 Å². The fraction of sp³-hybridized carbons (Fsp3) is 0. The summed E-state index contributed by atoms with van der Waals surface area (Å²) in [6.07, 6.45) is 0. The molecule has 0 heterocycles. The van der Waals surface area contributed by atoms with E-state index in [1.807, 2.05) is 97.1 Å². The van der Waals surface area contributed by atoms with E-state index in [2.05, 4.69) is 24.3 Å². The van der Waals surface area contributed by atoms with Crippen LogP contribution in [0.3, 0.4) is 0 Å². The van der Waals surface area contributed by atoms with Crippen molar-refractivity contribution in [3.8, 4) is 44.5 Å². The molecule has 46 heavy (non-hydrogen) atoms. The molecule has 9 aromatic rings. The van der Waals surface area contributed by atoms with E-state index in [4.69, 9.17) is 13.7 Å². The van der Waals surface area contributed by atoms with Crippen molar-refractivity contribution < 1.29 is 13.7 Å². The van der Waals surface area contributed by atoms with E-state index in [0.29, 0.717) is 11.1 Å². The second-order valence-electron chi connectivity index (χ2n) is 11.3. The molecule has 0 radical (unpaired) electrons. The topological polar surface area (TPSA) is 0 Å². The summed E-state index contributed by atoms with van der Waals surface area (Å²) in [5.74, 6) is 0. The summed E-state index contributed by atoms with van der Waals surface area (Å²) in [6.45, 7) is 0. The van der Waals surface area contributed by atoms with Crippen molar-refractivity contribution >= 4 is 43.1 Å². The first-order chi connectivity index (χ1) is 27.0. The van der Waals surface area contributed by atoms with Crippen LogP contribution in [0.25, 0.3) is 87.6 Å². The van der Waals surface area contributed by atoms with Crippen molar-refractivity contribution in [3.63, 3.8) is 0 Å². The first-order valence-corrected chi connectivity index (χ1v) is 15.1. The van der Waals surface area contributed by atoms with Crippen LogP contribution >= 0.6 is 0 Å². The van der Waals surface area contributed by atoms with Gasteiger partial charge >= 0.3 is 0 Å². The van der Waals surface area contributed by atoms with Crippen molar-refractivity contribution in [2.24, 2.45) is 0 Å². The maximum Gasteiger partial charge on any atom is 0.0629 e. The predicted molar refractivity (Wildman–Crippen MR) is 198 cm³/mol. The molecule has 0 amide bonds. The summed E-state index contributed by atoms with van der Waals surface area (Å²) in [7, 11) is 0. The molecule has 0 heteroatoms. The van der Waals surface area contributed by atoms with E-state index >= 15 is 0 Å². The fourth-order valence-corrected chi connectivity index (χ4v) is 6.95. The summed E-state index contributed by atoms with van der Waals surface area (Å²) in [6, 6.07) is 36.3. The highest BCUT2D eigenvalue weighted by atomic mass is 14.2. The van der Waals surface area contributed by atoms with Crippen LogP contribution < -0.4 is 0 Å². The van der Waals surface area contributed by atoms with Gasteiger partial charge in [0.15, 0.2) is 0 Å². The van der Waals surface area contributed by atoms with E-state index in [1.165, 1.54) is 0 Å². The maximum absolute atomic E-state index is 8.74. The summed E-state index contributed by atoms with van der Waals surface area (Å²) in [5.41, 5.74) is 5.25. The van der Waals surface area contributed by atoms with E-state index in [1.54, 1.807) is 0 Å². The molecule has 0 bridgehead atoms. The van der Waals surface area contributed by atoms with Gasteiger partial charge in [0.25, 0.3) is 0 Å². The zero-order chi connectivity index (χ0) is 39.2. The van der Waals surface area contributed by atoms with E-state index in [0.717, 1.165) is 65.3 Å². The van der Waals surface area contributed by atoms with Gasteiger partial charge < -0.3 is 0 Å². The Morgan fingerprint density at radius 2 is 0.522 bits per heavy atom. The highest BCUT2D eigenvalue weighted by molar-refractivity contribution is 6.26. The lowest BCUT2D eigenvalue weighted by Crippen LogP contribution is -1.93. The van der Waals surface area contributed by atoms with Gasteiger partial charge in [-0.15, -0.1) is 0 Å². The Hall–Kier alpha value is -5.98. The normalized spacial score (nSPS) is 14.5. The standard InChI is InChI=1S/C46H30/c1-3-15-31(16-4-1)33-27-29-43(37-21-9-7-19-35(33)37)45-39-23-11-13-25-41(39)46(42-26-14-12-24-40(42)45)44-30-28-34(32-17-5-2-6-18-32)36-20-8-10-22-38(36)44/h1-30H/i1D,2D,3D,4D,5D,6D,15D,16D,17D,18D. The molecule has 0 saturated heterocycles. The largest absolute Gasteiger partial charge is 0.0629 e. The van der Waals surface area contributed by atoms with E-state index in [9.17, 15) is 0 Å². The molecular formula is C46H30. The minimum atomic E-state index is -0.431. The van der Waals surface area contributed by atoms with Crippen LogP contribution in [0.5, 0.6) is 0 Å². The Kier molecular flexibility index (Phi) is 4.28. The average Bonchev–Trinajstić information content (AvgIpc) is 3.23. The van der Waals surface area contributed by atoms with Crippen LogP contribution in [0.2, 0.25) is 0 Å². The Balaban J connectivity index is 1.35. The van der Waals surface area contributed by atoms with Gasteiger partial charge in [0.05, 0.1) is 13.7 Å². The van der Waals surface area contributed by atoms with E-state index in [-0.39, 0.29) is 59.5 Å². The zero-order valence-electron chi connectivity index (χ0n) is 34.5. The molecule has 0 aliphatic heterocycles. The Morgan fingerprint density at radius 1 is 0.261 bits per heavy atom. The van der Waals surface area contributed by atoms with Crippen LogP contribution in [0, 0.1) is 0 Å². The highest BCUT2D eigenvalue weighted by Crippen LogP contribution is 2.48. The average molecular weight is 593 g/mol. The molecule has 0 fully saturated rings. The summed E-state index contributed by atoms with van der Waals surface area (Å²) < 4.78 is 84.6. The van der Waals surface area contributed by atoms with Crippen molar-refractivity contribution in [1.82, 2.24) is 0 Å². The third-order valence-electron chi connectivity index (χ3n) is 8.86. The van der Waals surface area contributed by atoms with Gasteiger partial charge in [-0.3, -0.25) is 0 Å². The van der Waals surface area contributed by atoms with Gasteiger partial charge in [-0.25, -0.2) is 0 Å². The molecule has 0 aliphatic carbocycles. The van der Waals surface area contributed by atoms with Crippen molar-refractivity contribution in [2.75, 3.05) is 0 Å². The van der Waals surface area contributed by atoms with Gasteiger partial charge in [0, 0.05) is 0 Å². The van der Waals surface area contributed by atoms with Crippen LogP contribution in [-0.2, 0) is 0 Å². The Bertz CT molecular complexity index is 2820. The van der Waals surface area contributed by atoms with Gasteiger partial charge in [-0.1, -0.05) is 182 Å². The van der Waals surface area contributed by atoms with Gasteiger partial charge in [0.1, 0.15) is 0 Å². The zero-order valence-corrected chi connectivity index (χ0v) is 24.5. The maximum atomic E-state index is 8.74. The number of hydrogen-bond donors (Lipinski definition) is 0. The molecule has 0 aliphatic rings. The molecule has 0 N–H and O–H groups in total. The van der Waals surface area contributed by atoms with Gasteiger partial charge in [-0.2, -0.15) is 0 Å². The number of hydrogen-bond acceptors (Lipinski definition) is 0. The monoisotopic (exact) mass is 592 g/mol. The van der Waals surface area contributed by atoms with Crippen LogP contribution in [0.4, 0.5) is 0 Å². The van der Waals surface area contributed by atoms with Crippen LogP contribution in [0.15, 0.2) is 182 Å².